The van der Waals surface area contributed by atoms with Gasteiger partial charge in [0.05, 0.1) is 6.33 Å². The van der Waals surface area contributed by atoms with Crippen LogP contribution in [0.1, 0.15) is 20.8 Å². The summed E-state index contributed by atoms with van der Waals surface area (Å²) in [6.45, 7) is 6.15. The molecule has 0 bridgehead atoms. The van der Waals surface area contributed by atoms with Crippen molar-refractivity contribution in [3.63, 3.8) is 0 Å². The molecule has 98 valence electrons. The van der Waals surface area contributed by atoms with Gasteiger partial charge in [0.15, 0.2) is 5.03 Å². The van der Waals surface area contributed by atoms with E-state index in [0.29, 0.717) is 6.54 Å². The summed E-state index contributed by atoms with van der Waals surface area (Å²) in [6.07, 6.45) is 3.03. The van der Waals surface area contributed by atoms with Crippen LogP contribution in [0.2, 0.25) is 0 Å². The molecule has 5 nitrogen and oxygen atoms in total. The first kappa shape index (κ1) is 14.5. The summed E-state index contributed by atoms with van der Waals surface area (Å²) in [5.74, 6) is 0.219. The summed E-state index contributed by atoms with van der Waals surface area (Å²) in [5.41, 5.74) is -0.642. The van der Waals surface area contributed by atoms with Gasteiger partial charge in [-0.05, 0) is 20.8 Å². The molecule has 1 heterocycles. The Kier molecular flexibility index (Phi) is 4.22. The van der Waals surface area contributed by atoms with Gasteiger partial charge >= 0.3 is 0 Å². The summed E-state index contributed by atoms with van der Waals surface area (Å²) in [6, 6.07) is 0. The Balaban J connectivity index is 3.11. The minimum absolute atomic E-state index is 0.0556. The summed E-state index contributed by atoms with van der Waals surface area (Å²) in [4.78, 5) is 3.92. The van der Waals surface area contributed by atoms with Gasteiger partial charge in [-0.25, -0.2) is 13.4 Å². The average molecular weight is 280 g/mol. The van der Waals surface area contributed by atoms with Crippen LogP contribution in [0.3, 0.4) is 0 Å². The van der Waals surface area contributed by atoms with E-state index in [2.05, 4.69) is 4.98 Å². The third-order valence-electron chi connectivity index (χ3n) is 2.78. The molecule has 0 amide bonds. The van der Waals surface area contributed by atoms with Crippen LogP contribution in [-0.2, 0) is 16.6 Å². The van der Waals surface area contributed by atoms with Crippen molar-refractivity contribution in [3.8, 4) is 0 Å². The Hall–Kier alpha value is -0.590. The van der Waals surface area contributed by atoms with E-state index in [1.165, 1.54) is 23.9 Å². The molecule has 0 spiro atoms. The standard InChI is InChI=1S/C10H18ClN3O2S/c1-5-14-6-9(12-8-14)17(15,16)13(4)10(2,3)7-11/h6,8H,5,7H2,1-4H3. The number of halogens is 1. The molecule has 0 radical (unpaired) electrons. The number of aromatic nitrogens is 2. The van der Waals surface area contributed by atoms with Gasteiger partial charge in [0.25, 0.3) is 10.0 Å². The minimum atomic E-state index is -3.58. The second-order valence-electron chi connectivity index (χ2n) is 4.46. The highest BCUT2D eigenvalue weighted by molar-refractivity contribution is 7.89. The van der Waals surface area contributed by atoms with E-state index in [1.54, 1.807) is 18.4 Å². The number of hydrogen-bond acceptors (Lipinski definition) is 3. The van der Waals surface area contributed by atoms with Crippen molar-refractivity contribution in [1.82, 2.24) is 13.9 Å². The van der Waals surface area contributed by atoms with Crippen LogP contribution in [0.25, 0.3) is 0 Å². The molecule has 1 aromatic rings. The minimum Gasteiger partial charge on any atom is -0.336 e. The zero-order valence-electron chi connectivity index (χ0n) is 10.5. The summed E-state index contributed by atoms with van der Waals surface area (Å²) < 4.78 is 27.5. The maximum absolute atomic E-state index is 12.3. The lowest BCUT2D eigenvalue weighted by Gasteiger charge is -2.31. The first-order valence-corrected chi connectivity index (χ1v) is 7.30. The van der Waals surface area contributed by atoms with E-state index in [0.717, 1.165) is 0 Å². The molecule has 17 heavy (non-hydrogen) atoms. The fraction of sp³-hybridized carbons (Fsp3) is 0.700. The van der Waals surface area contributed by atoms with Crippen molar-refractivity contribution in [1.29, 1.82) is 0 Å². The molecule has 0 atom stereocenters. The van der Waals surface area contributed by atoms with Crippen LogP contribution in [0.4, 0.5) is 0 Å². The van der Waals surface area contributed by atoms with Crippen molar-refractivity contribution >= 4 is 21.6 Å². The van der Waals surface area contributed by atoms with Gasteiger partial charge in [0.2, 0.25) is 0 Å². The third kappa shape index (κ3) is 2.81. The fourth-order valence-electron chi connectivity index (χ4n) is 1.20. The number of sulfonamides is 1. The number of alkyl halides is 1. The maximum atomic E-state index is 12.3. The monoisotopic (exact) mass is 279 g/mol. The third-order valence-corrected chi connectivity index (χ3v) is 5.39. The molecule has 0 aliphatic rings. The van der Waals surface area contributed by atoms with Crippen LogP contribution in [0.5, 0.6) is 0 Å². The van der Waals surface area contributed by atoms with Gasteiger partial charge in [-0.3, -0.25) is 0 Å². The molecule has 7 heteroatoms. The molecule has 0 unspecified atom stereocenters. The first-order chi connectivity index (χ1) is 7.75. The van der Waals surface area contributed by atoms with E-state index in [-0.39, 0.29) is 10.9 Å². The average Bonchev–Trinajstić information content (AvgIpc) is 2.77. The van der Waals surface area contributed by atoms with Crippen molar-refractivity contribution < 1.29 is 8.42 Å². The zero-order valence-corrected chi connectivity index (χ0v) is 12.1. The number of nitrogens with zero attached hydrogens (tertiary/aromatic N) is 3. The van der Waals surface area contributed by atoms with Gasteiger partial charge in [-0.15, -0.1) is 11.6 Å². The van der Waals surface area contributed by atoms with E-state index in [9.17, 15) is 8.42 Å². The van der Waals surface area contributed by atoms with Gasteiger partial charge in [-0.1, -0.05) is 0 Å². The summed E-state index contributed by atoms with van der Waals surface area (Å²) >= 11 is 5.78. The van der Waals surface area contributed by atoms with Gasteiger partial charge in [0, 0.05) is 31.2 Å². The highest BCUT2D eigenvalue weighted by Crippen LogP contribution is 2.22. The van der Waals surface area contributed by atoms with Gasteiger partial charge in [0.1, 0.15) is 0 Å². The molecule has 0 fully saturated rings. The predicted octanol–water partition coefficient (Wildman–Crippen LogP) is 1.54. The second-order valence-corrected chi connectivity index (χ2v) is 6.64. The quantitative estimate of drug-likeness (QED) is 0.769. The van der Waals surface area contributed by atoms with Gasteiger partial charge in [-0.2, -0.15) is 4.31 Å². The molecule has 0 N–H and O–H groups in total. The van der Waals surface area contributed by atoms with Crippen LogP contribution >= 0.6 is 11.6 Å². The Morgan fingerprint density at radius 2 is 2.12 bits per heavy atom. The maximum Gasteiger partial charge on any atom is 0.262 e. The Labute approximate surface area is 107 Å². The van der Waals surface area contributed by atoms with Crippen molar-refractivity contribution in [2.24, 2.45) is 0 Å². The summed E-state index contributed by atoms with van der Waals surface area (Å²) in [7, 11) is -2.06. The second kappa shape index (κ2) is 4.96. The van der Waals surface area contributed by atoms with E-state index in [4.69, 9.17) is 11.6 Å². The first-order valence-electron chi connectivity index (χ1n) is 5.32. The fourth-order valence-corrected chi connectivity index (χ4v) is 2.89. The highest BCUT2D eigenvalue weighted by atomic mass is 35.5. The predicted molar refractivity (Wildman–Crippen MR) is 67.6 cm³/mol. The van der Waals surface area contributed by atoms with Gasteiger partial charge < -0.3 is 4.57 Å². The smallest absolute Gasteiger partial charge is 0.262 e. The topological polar surface area (TPSA) is 55.2 Å². The number of rotatable bonds is 5. The normalized spacial score (nSPS) is 13.3. The molecule has 0 aromatic carbocycles. The van der Waals surface area contributed by atoms with E-state index < -0.39 is 15.6 Å². The lowest BCUT2D eigenvalue weighted by molar-refractivity contribution is 0.295. The van der Waals surface area contributed by atoms with Crippen LogP contribution in [-0.4, -0.2) is 40.7 Å². The molecule has 1 aromatic heterocycles. The Morgan fingerprint density at radius 3 is 2.53 bits per heavy atom. The van der Waals surface area contributed by atoms with E-state index in [1.807, 2.05) is 6.92 Å². The van der Waals surface area contributed by atoms with Crippen molar-refractivity contribution in [2.45, 2.75) is 37.9 Å². The molecule has 0 aliphatic carbocycles. The molecule has 1 rings (SSSR count). The van der Waals surface area contributed by atoms with Crippen molar-refractivity contribution in [3.05, 3.63) is 12.5 Å². The molecule has 0 aliphatic heterocycles. The van der Waals surface area contributed by atoms with Crippen LogP contribution < -0.4 is 0 Å². The SMILES string of the molecule is CCn1cnc(S(=O)(=O)N(C)C(C)(C)CCl)c1. The largest absolute Gasteiger partial charge is 0.336 e. The molecule has 0 saturated heterocycles. The Morgan fingerprint density at radius 1 is 1.53 bits per heavy atom. The number of aryl methyl sites for hydroxylation is 1. The van der Waals surface area contributed by atoms with Crippen LogP contribution in [0, 0.1) is 0 Å². The lowest BCUT2D eigenvalue weighted by Crippen LogP contribution is -2.46. The number of hydrogen-bond donors (Lipinski definition) is 0. The summed E-state index contributed by atoms with van der Waals surface area (Å²) in [5, 5.41) is 0.0556. The number of imidazole rings is 1. The lowest BCUT2D eigenvalue weighted by atomic mass is 10.1. The Bertz CT molecular complexity index is 481. The van der Waals surface area contributed by atoms with Crippen LogP contribution in [0.15, 0.2) is 17.6 Å². The van der Waals surface area contributed by atoms with Crippen molar-refractivity contribution in [2.75, 3.05) is 12.9 Å². The molecular formula is C10H18ClN3O2S. The zero-order chi connectivity index (χ0) is 13.3. The highest BCUT2D eigenvalue weighted by Gasteiger charge is 2.34. The molecule has 0 saturated carbocycles. The van der Waals surface area contributed by atoms with E-state index >= 15 is 0 Å². The molecular weight excluding hydrogens is 262 g/mol.